The number of ether oxygens (including phenoxy) is 1. The van der Waals surface area contributed by atoms with Crippen molar-refractivity contribution in [1.29, 1.82) is 0 Å². The summed E-state index contributed by atoms with van der Waals surface area (Å²) in [6.45, 7) is 1.31. The summed E-state index contributed by atoms with van der Waals surface area (Å²) in [5.74, 6) is -1.82. The Balaban J connectivity index is 1.74. The number of hydrogen-bond acceptors (Lipinski definition) is 3. The second-order valence-corrected chi connectivity index (χ2v) is 7.53. The summed E-state index contributed by atoms with van der Waals surface area (Å²) in [4.78, 5) is 14.6. The molecule has 0 aliphatic carbocycles. The first-order valence-corrected chi connectivity index (χ1v) is 9.85. The summed E-state index contributed by atoms with van der Waals surface area (Å²) < 4.78 is 57.4. The maximum atomic E-state index is 13.6. The Morgan fingerprint density at radius 2 is 1.90 bits per heavy atom. The second kappa shape index (κ2) is 9.66. The van der Waals surface area contributed by atoms with Crippen molar-refractivity contribution < 1.29 is 27.1 Å². The van der Waals surface area contributed by atoms with Gasteiger partial charge in [-0.3, -0.25) is 4.79 Å². The van der Waals surface area contributed by atoms with E-state index in [1.54, 1.807) is 23.1 Å². The Morgan fingerprint density at radius 3 is 2.57 bits per heavy atom. The number of halogens is 5. The molecule has 2 aromatic carbocycles. The minimum atomic E-state index is -4.71. The molecule has 1 aliphatic heterocycles. The van der Waals surface area contributed by atoms with E-state index in [0.717, 1.165) is 37.6 Å². The van der Waals surface area contributed by atoms with Crippen LogP contribution in [0.5, 0.6) is 5.75 Å². The van der Waals surface area contributed by atoms with E-state index in [1.165, 1.54) is 0 Å². The Bertz CT molecular complexity index is 886. The predicted octanol–water partition coefficient (Wildman–Crippen LogP) is 4.66. The summed E-state index contributed by atoms with van der Waals surface area (Å²) >= 11 is 6.04. The van der Waals surface area contributed by atoms with Gasteiger partial charge in [0.05, 0.1) is 5.56 Å². The summed E-state index contributed by atoms with van der Waals surface area (Å²) in [5, 5.41) is 3.77. The molecule has 1 aliphatic rings. The van der Waals surface area contributed by atoms with Crippen molar-refractivity contribution in [3.05, 3.63) is 64.4 Å². The van der Waals surface area contributed by atoms with Crippen LogP contribution < -0.4 is 10.1 Å². The maximum Gasteiger partial charge on any atom is 0.416 e. The van der Waals surface area contributed by atoms with Gasteiger partial charge in [-0.05, 0) is 55.8 Å². The van der Waals surface area contributed by atoms with Crippen LogP contribution in [0.2, 0.25) is 5.02 Å². The molecular formula is C21H21ClF4N2O2. The first-order chi connectivity index (χ1) is 14.2. The van der Waals surface area contributed by atoms with E-state index in [9.17, 15) is 22.4 Å². The van der Waals surface area contributed by atoms with Crippen LogP contribution in [0, 0.1) is 5.82 Å². The van der Waals surface area contributed by atoms with Gasteiger partial charge < -0.3 is 15.0 Å². The number of carbonyl (C=O) groups excluding carboxylic acids is 1. The molecule has 0 saturated carbocycles. The van der Waals surface area contributed by atoms with E-state index in [4.69, 9.17) is 16.3 Å². The zero-order valence-corrected chi connectivity index (χ0v) is 16.8. The third-order valence-electron chi connectivity index (χ3n) is 4.87. The summed E-state index contributed by atoms with van der Waals surface area (Å²) in [5.41, 5.74) is -0.335. The van der Waals surface area contributed by atoms with Crippen molar-refractivity contribution in [3.63, 3.8) is 0 Å². The number of alkyl halides is 3. The molecule has 30 heavy (non-hydrogen) atoms. The van der Waals surface area contributed by atoms with E-state index < -0.39 is 24.2 Å². The van der Waals surface area contributed by atoms with Crippen LogP contribution in [0.25, 0.3) is 0 Å². The molecule has 1 saturated heterocycles. The van der Waals surface area contributed by atoms with Crippen LogP contribution in [0.3, 0.4) is 0 Å². The quantitative estimate of drug-likeness (QED) is 0.659. The highest BCUT2D eigenvalue weighted by atomic mass is 35.5. The topological polar surface area (TPSA) is 41.6 Å². The third kappa shape index (κ3) is 6.09. The van der Waals surface area contributed by atoms with Gasteiger partial charge in [0.25, 0.3) is 5.91 Å². The average molecular weight is 445 g/mol. The molecule has 3 rings (SSSR count). The minimum absolute atomic E-state index is 0.0421. The molecule has 0 radical (unpaired) electrons. The average Bonchev–Trinajstić information content (AvgIpc) is 2.70. The summed E-state index contributed by atoms with van der Waals surface area (Å²) in [7, 11) is 0. The van der Waals surface area contributed by atoms with Gasteiger partial charge in [0, 0.05) is 23.7 Å². The highest BCUT2D eigenvalue weighted by Gasteiger charge is 2.32. The van der Waals surface area contributed by atoms with Gasteiger partial charge in [-0.25, -0.2) is 4.39 Å². The molecule has 4 nitrogen and oxygen atoms in total. The number of piperidine rings is 1. The number of benzene rings is 2. The van der Waals surface area contributed by atoms with Crippen LogP contribution in [-0.4, -0.2) is 36.5 Å². The molecule has 162 valence electrons. The van der Waals surface area contributed by atoms with Crippen molar-refractivity contribution in [2.45, 2.75) is 31.6 Å². The number of amides is 1. The molecule has 1 N–H and O–H groups in total. The van der Waals surface area contributed by atoms with Crippen molar-refractivity contribution >= 4 is 17.5 Å². The standard InChI is InChI=1S/C21H21ClF4N2O2/c22-16-3-1-2-14(8-16)12-28(18-4-6-27-7-5-18)20(29)13-30-19-10-15(21(24,25)26)9-17(23)11-19/h1-3,8-11,18,27H,4-7,12-13H2. The lowest BCUT2D eigenvalue weighted by atomic mass is 10.0. The summed E-state index contributed by atoms with van der Waals surface area (Å²) in [6.07, 6.45) is -3.23. The first-order valence-electron chi connectivity index (χ1n) is 9.47. The molecule has 1 fully saturated rings. The molecule has 0 spiro atoms. The van der Waals surface area contributed by atoms with E-state index in [-0.39, 0.29) is 17.7 Å². The van der Waals surface area contributed by atoms with Gasteiger partial charge in [0.2, 0.25) is 0 Å². The van der Waals surface area contributed by atoms with Gasteiger partial charge in [0.1, 0.15) is 11.6 Å². The van der Waals surface area contributed by atoms with Crippen molar-refractivity contribution in [1.82, 2.24) is 10.2 Å². The molecule has 0 atom stereocenters. The fourth-order valence-corrected chi connectivity index (χ4v) is 3.62. The zero-order chi connectivity index (χ0) is 21.7. The number of nitrogens with zero attached hydrogens (tertiary/aromatic N) is 1. The summed E-state index contributed by atoms with van der Waals surface area (Å²) in [6, 6.07) is 8.96. The second-order valence-electron chi connectivity index (χ2n) is 7.09. The number of carbonyl (C=O) groups is 1. The fraction of sp³-hybridized carbons (Fsp3) is 0.381. The van der Waals surface area contributed by atoms with Crippen LogP contribution >= 0.6 is 11.6 Å². The van der Waals surface area contributed by atoms with Crippen molar-refractivity contribution in [2.75, 3.05) is 19.7 Å². The van der Waals surface area contributed by atoms with Crippen LogP contribution in [0.4, 0.5) is 17.6 Å². The number of nitrogens with one attached hydrogen (secondary N) is 1. The maximum absolute atomic E-state index is 13.6. The Morgan fingerprint density at radius 1 is 1.17 bits per heavy atom. The smallest absolute Gasteiger partial charge is 0.416 e. The van der Waals surface area contributed by atoms with Crippen molar-refractivity contribution in [3.8, 4) is 5.75 Å². The molecular weight excluding hydrogens is 424 g/mol. The predicted molar refractivity (Wildman–Crippen MR) is 105 cm³/mol. The number of rotatable bonds is 6. The van der Waals surface area contributed by atoms with E-state index in [0.29, 0.717) is 23.7 Å². The normalized spacial score (nSPS) is 15.1. The van der Waals surface area contributed by atoms with Gasteiger partial charge in [-0.15, -0.1) is 0 Å². The number of hydrogen-bond donors (Lipinski definition) is 1. The molecule has 9 heteroatoms. The molecule has 0 unspecified atom stereocenters. The van der Waals surface area contributed by atoms with E-state index in [1.807, 2.05) is 6.07 Å². The largest absolute Gasteiger partial charge is 0.484 e. The van der Waals surface area contributed by atoms with Crippen LogP contribution in [0.1, 0.15) is 24.0 Å². The molecule has 2 aromatic rings. The van der Waals surface area contributed by atoms with Crippen molar-refractivity contribution in [2.24, 2.45) is 0 Å². The van der Waals surface area contributed by atoms with Gasteiger partial charge >= 0.3 is 6.18 Å². The monoisotopic (exact) mass is 444 g/mol. The lowest BCUT2D eigenvalue weighted by Crippen LogP contribution is -2.47. The third-order valence-corrected chi connectivity index (χ3v) is 5.11. The molecule has 1 amide bonds. The zero-order valence-electron chi connectivity index (χ0n) is 16.0. The Kier molecular flexibility index (Phi) is 7.20. The Hall–Kier alpha value is -2.32. The highest BCUT2D eigenvalue weighted by Crippen LogP contribution is 2.32. The van der Waals surface area contributed by atoms with Crippen LogP contribution in [-0.2, 0) is 17.5 Å². The highest BCUT2D eigenvalue weighted by molar-refractivity contribution is 6.30. The lowest BCUT2D eigenvalue weighted by Gasteiger charge is -2.35. The lowest BCUT2D eigenvalue weighted by molar-refractivity contribution is -0.137. The fourth-order valence-electron chi connectivity index (χ4n) is 3.41. The SMILES string of the molecule is O=C(COc1cc(F)cc(C(F)(F)F)c1)N(Cc1cccc(Cl)c1)C1CCNCC1. The molecule has 1 heterocycles. The van der Waals surface area contributed by atoms with Gasteiger partial charge in [-0.1, -0.05) is 23.7 Å². The van der Waals surface area contributed by atoms with Gasteiger partial charge in [-0.2, -0.15) is 13.2 Å². The first kappa shape index (κ1) is 22.4. The Labute approximate surface area is 176 Å². The molecule has 0 aromatic heterocycles. The van der Waals surface area contributed by atoms with Gasteiger partial charge in [0.15, 0.2) is 6.61 Å². The minimum Gasteiger partial charge on any atom is -0.484 e. The van der Waals surface area contributed by atoms with E-state index >= 15 is 0 Å². The van der Waals surface area contributed by atoms with E-state index in [2.05, 4.69) is 5.32 Å². The molecule has 0 bridgehead atoms. The van der Waals surface area contributed by atoms with Crippen LogP contribution in [0.15, 0.2) is 42.5 Å².